The Balaban J connectivity index is 1.57. The molecule has 3 rings (SSSR count). The van der Waals surface area contributed by atoms with Crippen LogP contribution in [0.5, 0.6) is 17.2 Å². The fourth-order valence-corrected chi connectivity index (χ4v) is 2.63. The standard InChI is InChI=1S/C19H23NO3/c1-2-3-10-22-16-7-4-14(5-8-16)11-17-13-20-18-9-6-15(21)12-19(18)23-17/h4-9,12,17,20-21H,2-3,10-11,13H2,1H3. The second kappa shape index (κ2) is 7.27. The second-order valence-electron chi connectivity index (χ2n) is 5.85. The van der Waals surface area contributed by atoms with Crippen molar-refractivity contribution in [3.63, 3.8) is 0 Å². The van der Waals surface area contributed by atoms with E-state index in [1.54, 1.807) is 12.1 Å². The van der Waals surface area contributed by atoms with Crippen LogP contribution in [0.3, 0.4) is 0 Å². The molecule has 2 aromatic rings. The van der Waals surface area contributed by atoms with Crippen LogP contribution in [0.2, 0.25) is 0 Å². The van der Waals surface area contributed by atoms with Gasteiger partial charge in [-0.15, -0.1) is 0 Å². The first-order chi connectivity index (χ1) is 11.2. The van der Waals surface area contributed by atoms with Crippen LogP contribution >= 0.6 is 0 Å². The molecule has 1 aliphatic heterocycles. The van der Waals surface area contributed by atoms with Gasteiger partial charge in [-0.1, -0.05) is 25.5 Å². The Kier molecular flexibility index (Phi) is 4.91. The van der Waals surface area contributed by atoms with E-state index < -0.39 is 0 Å². The van der Waals surface area contributed by atoms with Gasteiger partial charge in [-0.05, 0) is 36.2 Å². The lowest BCUT2D eigenvalue weighted by Gasteiger charge is -2.27. The monoisotopic (exact) mass is 313 g/mol. The maximum Gasteiger partial charge on any atom is 0.146 e. The number of ether oxygens (including phenoxy) is 2. The van der Waals surface area contributed by atoms with Crippen molar-refractivity contribution in [2.24, 2.45) is 0 Å². The van der Waals surface area contributed by atoms with E-state index in [1.165, 1.54) is 5.56 Å². The Labute approximate surface area is 137 Å². The van der Waals surface area contributed by atoms with E-state index in [9.17, 15) is 5.11 Å². The maximum atomic E-state index is 9.56. The van der Waals surface area contributed by atoms with Crippen molar-refractivity contribution in [3.05, 3.63) is 48.0 Å². The van der Waals surface area contributed by atoms with Gasteiger partial charge in [0.25, 0.3) is 0 Å². The highest BCUT2D eigenvalue weighted by molar-refractivity contribution is 5.60. The number of unbranched alkanes of at least 4 members (excludes halogenated alkanes) is 1. The van der Waals surface area contributed by atoms with Crippen LogP contribution in [-0.2, 0) is 6.42 Å². The minimum atomic E-state index is 0.0520. The van der Waals surface area contributed by atoms with Crippen LogP contribution in [0, 0.1) is 0 Å². The lowest BCUT2D eigenvalue weighted by Crippen LogP contribution is -2.32. The fraction of sp³-hybridized carbons (Fsp3) is 0.368. The Morgan fingerprint density at radius 2 is 2.04 bits per heavy atom. The number of anilines is 1. The minimum Gasteiger partial charge on any atom is -0.508 e. The van der Waals surface area contributed by atoms with Crippen LogP contribution < -0.4 is 14.8 Å². The van der Waals surface area contributed by atoms with E-state index >= 15 is 0 Å². The highest BCUT2D eigenvalue weighted by Gasteiger charge is 2.19. The molecule has 122 valence electrons. The predicted octanol–water partition coefficient (Wildman–Crippen LogP) is 3.99. The Morgan fingerprint density at radius 3 is 2.83 bits per heavy atom. The third-order valence-electron chi connectivity index (χ3n) is 3.93. The zero-order valence-corrected chi connectivity index (χ0v) is 13.4. The molecule has 0 aliphatic carbocycles. The SMILES string of the molecule is CCCCOc1ccc(CC2CNc3ccc(O)cc3O2)cc1. The lowest BCUT2D eigenvalue weighted by atomic mass is 10.1. The molecular weight excluding hydrogens is 290 g/mol. The largest absolute Gasteiger partial charge is 0.508 e. The molecule has 2 aromatic carbocycles. The maximum absolute atomic E-state index is 9.56. The molecule has 2 N–H and O–H groups in total. The van der Waals surface area contributed by atoms with Crippen LogP contribution in [0.1, 0.15) is 25.3 Å². The third kappa shape index (κ3) is 4.09. The average molecular weight is 313 g/mol. The first kappa shape index (κ1) is 15.5. The molecule has 0 amide bonds. The molecule has 0 spiro atoms. The van der Waals surface area contributed by atoms with E-state index in [-0.39, 0.29) is 11.9 Å². The summed E-state index contributed by atoms with van der Waals surface area (Å²) in [5.74, 6) is 1.85. The van der Waals surface area contributed by atoms with Crippen molar-refractivity contribution < 1.29 is 14.6 Å². The number of fused-ring (bicyclic) bond motifs is 1. The number of phenolic OH excluding ortho intramolecular Hbond substituents is 1. The Hall–Kier alpha value is -2.36. The van der Waals surface area contributed by atoms with Gasteiger partial charge in [-0.3, -0.25) is 0 Å². The molecule has 0 aromatic heterocycles. The number of hydrogen-bond acceptors (Lipinski definition) is 4. The first-order valence-corrected chi connectivity index (χ1v) is 8.20. The fourth-order valence-electron chi connectivity index (χ4n) is 2.63. The van der Waals surface area contributed by atoms with E-state index in [4.69, 9.17) is 9.47 Å². The van der Waals surface area contributed by atoms with Crippen molar-refractivity contribution in [3.8, 4) is 17.2 Å². The summed E-state index contributed by atoms with van der Waals surface area (Å²) in [6.45, 7) is 3.68. The Bertz CT molecular complexity index is 640. The molecule has 1 atom stereocenters. The highest BCUT2D eigenvalue weighted by Crippen LogP contribution is 2.33. The van der Waals surface area contributed by atoms with Gasteiger partial charge in [-0.25, -0.2) is 0 Å². The minimum absolute atomic E-state index is 0.0520. The first-order valence-electron chi connectivity index (χ1n) is 8.20. The van der Waals surface area contributed by atoms with Crippen LogP contribution in [-0.4, -0.2) is 24.4 Å². The van der Waals surface area contributed by atoms with Gasteiger partial charge in [0.1, 0.15) is 23.4 Å². The van der Waals surface area contributed by atoms with Gasteiger partial charge >= 0.3 is 0 Å². The lowest BCUT2D eigenvalue weighted by molar-refractivity contribution is 0.205. The summed E-state index contributed by atoms with van der Waals surface area (Å²) >= 11 is 0. The van der Waals surface area contributed by atoms with E-state index in [1.807, 2.05) is 18.2 Å². The van der Waals surface area contributed by atoms with E-state index in [0.29, 0.717) is 5.75 Å². The molecule has 1 unspecified atom stereocenters. The normalized spacial score (nSPS) is 16.1. The van der Waals surface area contributed by atoms with Crippen molar-refractivity contribution in [2.45, 2.75) is 32.3 Å². The zero-order chi connectivity index (χ0) is 16.1. The van der Waals surface area contributed by atoms with Crippen molar-refractivity contribution in [1.82, 2.24) is 0 Å². The summed E-state index contributed by atoms with van der Waals surface area (Å²) in [5, 5.41) is 12.9. The van der Waals surface area contributed by atoms with Gasteiger partial charge < -0.3 is 19.9 Å². The molecule has 0 saturated carbocycles. The summed E-state index contributed by atoms with van der Waals surface area (Å²) in [6, 6.07) is 13.3. The van der Waals surface area contributed by atoms with E-state index in [2.05, 4.69) is 24.4 Å². The van der Waals surface area contributed by atoms with Gasteiger partial charge in [-0.2, -0.15) is 0 Å². The van der Waals surface area contributed by atoms with Gasteiger partial charge in [0, 0.05) is 12.5 Å². The summed E-state index contributed by atoms with van der Waals surface area (Å²) in [6.07, 6.45) is 3.09. The third-order valence-corrected chi connectivity index (χ3v) is 3.93. The predicted molar refractivity (Wildman–Crippen MR) is 91.6 cm³/mol. The van der Waals surface area contributed by atoms with Crippen LogP contribution in [0.15, 0.2) is 42.5 Å². The van der Waals surface area contributed by atoms with Crippen LogP contribution in [0.4, 0.5) is 5.69 Å². The summed E-state index contributed by atoms with van der Waals surface area (Å²) in [5.41, 5.74) is 2.14. The number of nitrogens with one attached hydrogen (secondary N) is 1. The van der Waals surface area contributed by atoms with Crippen molar-refractivity contribution in [1.29, 1.82) is 0 Å². The highest BCUT2D eigenvalue weighted by atomic mass is 16.5. The molecule has 23 heavy (non-hydrogen) atoms. The molecule has 0 fully saturated rings. The number of rotatable bonds is 6. The topological polar surface area (TPSA) is 50.7 Å². The average Bonchev–Trinajstić information content (AvgIpc) is 2.56. The molecule has 0 radical (unpaired) electrons. The van der Waals surface area contributed by atoms with Gasteiger partial charge in [0.05, 0.1) is 18.8 Å². The summed E-state index contributed by atoms with van der Waals surface area (Å²) < 4.78 is 11.7. The van der Waals surface area contributed by atoms with Gasteiger partial charge in [0.15, 0.2) is 0 Å². The number of phenols is 1. The molecule has 4 nitrogen and oxygen atoms in total. The number of aromatic hydroxyl groups is 1. The molecule has 1 aliphatic rings. The number of hydrogen-bond donors (Lipinski definition) is 2. The zero-order valence-electron chi connectivity index (χ0n) is 13.4. The molecule has 0 bridgehead atoms. The molecule has 4 heteroatoms. The van der Waals surface area contributed by atoms with Crippen molar-refractivity contribution >= 4 is 5.69 Å². The van der Waals surface area contributed by atoms with Gasteiger partial charge in [0.2, 0.25) is 0 Å². The van der Waals surface area contributed by atoms with Crippen LogP contribution in [0.25, 0.3) is 0 Å². The number of benzene rings is 2. The van der Waals surface area contributed by atoms with E-state index in [0.717, 1.165) is 43.9 Å². The summed E-state index contributed by atoms with van der Waals surface area (Å²) in [7, 11) is 0. The molecule has 0 saturated heterocycles. The smallest absolute Gasteiger partial charge is 0.146 e. The second-order valence-corrected chi connectivity index (χ2v) is 5.85. The quantitative estimate of drug-likeness (QED) is 0.625. The molecular formula is C19H23NO3. The summed E-state index contributed by atoms with van der Waals surface area (Å²) in [4.78, 5) is 0. The Morgan fingerprint density at radius 1 is 1.22 bits per heavy atom. The van der Waals surface area contributed by atoms with Crippen molar-refractivity contribution in [2.75, 3.05) is 18.5 Å². The molecule has 1 heterocycles.